The maximum atomic E-state index is 13.8. The Kier molecular flexibility index (Phi) is 11.1. The molecule has 0 bridgehead atoms. The van der Waals surface area contributed by atoms with Gasteiger partial charge in [0.1, 0.15) is 11.8 Å². The highest BCUT2D eigenvalue weighted by atomic mass is 32.2. The molecule has 3 aromatic carbocycles. The van der Waals surface area contributed by atoms with E-state index in [1.165, 1.54) is 12.1 Å². The zero-order valence-electron chi connectivity index (χ0n) is 22.7. The van der Waals surface area contributed by atoms with Gasteiger partial charge < -0.3 is 15.0 Å². The number of rotatable bonds is 14. The van der Waals surface area contributed by atoms with Crippen molar-refractivity contribution in [2.45, 2.75) is 50.6 Å². The number of methoxy groups -OCH3 is 1. The van der Waals surface area contributed by atoms with Gasteiger partial charge in [0.2, 0.25) is 21.8 Å². The maximum Gasteiger partial charge on any atom is 0.247 e. The van der Waals surface area contributed by atoms with E-state index in [4.69, 9.17) is 4.74 Å². The van der Waals surface area contributed by atoms with E-state index in [1.807, 2.05) is 61.5 Å². The molecule has 0 aliphatic heterocycles. The van der Waals surface area contributed by atoms with E-state index in [0.29, 0.717) is 25.3 Å². The summed E-state index contributed by atoms with van der Waals surface area (Å²) in [5, 5.41) is 2.96. The third-order valence-corrected chi connectivity index (χ3v) is 7.81. The highest BCUT2D eigenvalue weighted by molar-refractivity contribution is 7.89. The van der Waals surface area contributed by atoms with Crippen molar-refractivity contribution < 1.29 is 22.7 Å². The number of hydrogen-bond acceptors (Lipinski definition) is 5. The Labute approximate surface area is 231 Å². The first-order chi connectivity index (χ1) is 18.8. The van der Waals surface area contributed by atoms with E-state index in [9.17, 15) is 18.0 Å². The van der Waals surface area contributed by atoms with Gasteiger partial charge in [-0.2, -0.15) is 0 Å². The monoisotopic (exact) mass is 551 g/mol. The molecule has 2 amide bonds. The summed E-state index contributed by atoms with van der Waals surface area (Å²) in [4.78, 5) is 29.0. The lowest BCUT2D eigenvalue weighted by atomic mass is 10.0. The number of carbonyl (C=O) groups excluding carboxylic acids is 2. The van der Waals surface area contributed by atoms with Crippen LogP contribution in [-0.2, 0) is 32.6 Å². The molecule has 0 aliphatic carbocycles. The molecule has 0 aliphatic rings. The predicted octanol–water partition coefficient (Wildman–Crippen LogP) is 4.22. The predicted molar refractivity (Wildman–Crippen MR) is 152 cm³/mol. The van der Waals surface area contributed by atoms with Crippen LogP contribution >= 0.6 is 0 Å². The van der Waals surface area contributed by atoms with Crippen molar-refractivity contribution in [3.8, 4) is 5.75 Å². The van der Waals surface area contributed by atoms with Crippen molar-refractivity contribution in [3.05, 3.63) is 95.6 Å². The standard InChI is InChI=1S/C30H37N3O5S/c1-4-21-31-30(35)29(25-9-7-6-8-10-25)33(22-24-11-16-26(38-3)17-12-24)28(34)20-15-23-13-18-27(19-14-23)39(36,37)32-5-2/h6-14,16-19,29,32H,4-5,15,20-22H2,1-3H3,(H,31,35)/t29-/m0/s1. The van der Waals surface area contributed by atoms with Crippen LogP contribution in [0.4, 0.5) is 0 Å². The number of sulfonamides is 1. The van der Waals surface area contributed by atoms with Gasteiger partial charge >= 0.3 is 0 Å². The number of hydrogen-bond donors (Lipinski definition) is 2. The molecule has 0 saturated heterocycles. The summed E-state index contributed by atoms with van der Waals surface area (Å²) < 4.78 is 32.2. The Bertz CT molecular complexity index is 1310. The fourth-order valence-corrected chi connectivity index (χ4v) is 5.25. The third kappa shape index (κ3) is 8.40. The lowest BCUT2D eigenvalue weighted by molar-refractivity contribution is -0.141. The first-order valence-electron chi connectivity index (χ1n) is 13.1. The van der Waals surface area contributed by atoms with E-state index >= 15 is 0 Å². The molecule has 39 heavy (non-hydrogen) atoms. The summed E-state index contributed by atoms with van der Waals surface area (Å²) in [6.07, 6.45) is 1.33. The Morgan fingerprint density at radius 2 is 1.54 bits per heavy atom. The number of ether oxygens (including phenoxy) is 1. The molecule has 9 heteroatoms. The van der Waals surface area contributed by atoms with E-state index in [2.05, 4.69) is 10.0 Å². The average Bonchev–Trinajstić information content (AvgIpc) is 2.95. The second kappa shape index (κ2) is 14.5. The summed E-state index contributed by atoms with van der Waals surface area (Å²) in [5.74, 6) is 0.287. The largest absolute Gasteiger partial charge is 0.497 e. The third-order valence-electron chi connectivity index (χ3n) is 6.25. The SMILES string of the molecule is CCCNC(=O)[C@H](c1ccccc1)N(Cc1ccc(OC)cc1)C(=O)CCc1ccc(S(=O)(=O)NCC)cc1. The summed E-state index contributed by atoms with van der Waals surface area (Å²) >= 11 is 0. The summed E-state index contributed by atoms with van der Waals surface area (Å²) in [5.41, 5.74) is 2.42. The van der Waals surface area contributed by atoms with Crippen LogP contribution in [0.1, 0.15) is 49.4 Å². The smallest absolute Gasteiger partial charge is 0.247 e. The zero-order valence-corrected chi connectivity index (χ0v) is 23.5. The molecule has 208 valence electrons. The number of amides is 2. The Morgan fingerprint density at radius 3 is 2.13 bits per heavy atom. The molecule has 0 heterocycles. The van der Waals surface area contributed by atoms with Crippen LogP contribution < -0.4 is 14.8 Å². The van der Waals surface area contributed by atoms with Gasteiger partial charge in [-0.3, -0.25) is 9.59 Å². The van der Waals surface area contributed by atoms with Crippen LogP contribution in [0.2, 0.25) is 0 Å². The molecule has 3 aromatic rings. The van der Waals surface area contributed by atoms with Gasteiger partial charge in [-0.15, -0.1) is 0 Å². The summed E-state index contributed by atoms with van der Waals surface area (Å²) in [6.45, 7) is 4.75. The van der Waals surface area contributed by atoms with Crippen molar-refractivity contribution in [1.82, 2.24) is 14.9 Å². The first-order valence-corrected chi connectivity index (χ1v) is 14.6. The molecule has 2 N–H and O–H groups in total. The van der Waals surface area contributed by atoms with Crippen molar-refractivity contribution in [1.29, 1.82) is 0 Å². The second-order valence-corrected chi connectivity index (χ2v) is 10.9. The van der Waals surface area contributed by atoms with Crippen LogP contribution in [0.25, 0.3) is 0 Å². The molecule has 3 rings (SSSR count). The van der Waals surface area contributed by atoms with Crippen LogP contribution in [0.5, 0.6) is 5.75 Å². The van der Waals surface area contributed by atoms with Crippen molar-refractivity contribution in [2.75, 3.05) is 20.2 Å². The molecular weight excluding hydrogens is 514 g/mol. The number of aryl methyl sites for hydroxylation is 1. The molecule has 0 fully saturated rings. The molecular formula is C30H37N3O5S. The van der Waals surface area contributed by atoms with Crippen LogP contribution in [0.3, 0.4) is 0 Å². The van der Waals surface area contributed by atoms with Crippen molar-refractivity contribution in [3.63, 3.8) is 0 Å². The number of benzene rings is 3. The minimum Gasteiger partial charge on any atom is -0.497 e. The first kappa shape index (κ1) is 29.9. The van der Waals surface area contributed by atoms with E-state index in [-0.39, 0.29) is 29.7 Å². The van der Waals surface area contributed by atoms with E-state index in [0.717, 1.165) is 23.1 Å². The van der Waals surface area contributed by atoms with Crippen LogP contribution in [-0.4, -0.2) is 45.3 Å². The Morgan fingerprint density at radius 1 is 0.897 bits per heavy atom. The number of nitrogens with zero attached hydrogens (tertiary/aromatic N) is 1. The highest BCUT2D eigenvalue weighted by Crippen LogP contribution is 2.26. The molecule has 0 spiro atoms. The van der Waals surface area contributed by atoms with Crippen LogP contribution in [0, 0.1) is 0 Å². The molecule has 8 nitrogen and oxygen atoms in total. The van der Waals surface area contributed by atoms with Crippen LogP contribution in [0.15, 0.2) is 83.8 Å². The molecule has 0 unspecified atom stereocenters. The van der Waals surface area contributed by atoms with Crippen molar-refractivity contribution in [2.24, 2.45) is 0 Å². The van der Waals surface area contributed by atoms with Crippen molar-refractivity contribution >= 4 is 21.8 Å². The molecule has 0 aromatic heterocycles. The average molecular weight is 552 g/mol. The molecule has 0 radical (unpaired) electrons. The van der Waals surface area contributed by atoms with Gasteiger partial charge in [0.15, 0.2) is 0 Å². The minimum atomic E-state index is -3.55. The topological polar surface area (TPSA) is 105 Å². The van der Waals surface area contributed by atoms with Gasteiger partial charge in [-0.05, 0) is 53.8 Å². The zero-order chi connectivity index (χ0) is 28.3. The summed E-state index contributed by atoms with van der Waals surface area (Å²) in [7, 11) is -1.96. The minimum absolute atomic E-state index is 0.153. The van der Waals surface area contributed by atoms with Gasteiger partial charge in [-0.25, -0.2) is 13.1 Å². The fraction of sp³-hybridized carbons (Fsp3) is 0.333. The lowest BCUT2D eigenvalue weighted by Crippen LogP contribution is -2.43. The van der Waals surface area contributed by atoms with E-state index < -0.39 is 16.1 Å². The molecule has 0 saturated carbocycles. The maximum absolute atomic E-state index is 13.8. The molecule has 1 atom stereocenters. The second-order valence-electron chi connectivity index (χ2n) is 9.12. The quantitative estimate of drug-likeness (QED) is 0.312. The normalized spacial score (nSPS) is 12.0. The lowest BCUT2D eigenvalue weighted by Gasteiger charge is -2.32. The van der Waals surface area contributed by atoms with Gasteiger partial charge in [0.05, 0.1) is 12.0 Å². The Hall–Kier alpha value is -3.69. The highest BCUT2D eigenvalue weighted by Gasteiger charge is 2.31. The van der Waals surface area contributed by atoms with Gasteiger partial charge in [0.25, 0.3) is 0 Å². The summed E-state index contributed by atoms with van der Waals surface area (Å²) in [6, 6.07) is 22.4. The van der Waals surface area contributed by atoms with Gasteiger partial charge in [-0.1, -0.05) is 68.4 Å². The fourth-order valence-electron chi connectivity index (χ4n) is 4.21. The number of nitrogens with one attached hydrogen (secondary N) is 2. The number of carbonyl (C=O) groups is 2. The Balaban J connectivity index is 1.88. The van der Waals surface area contributed by atoms with E-state index in [1.54, 1.807) is 31.1 Å². The van der Waals surface area contributed by atoms with Gasteiger partial charge in [0, 0.05) is 26.1 Å².